The van der Waals surface area contributed by atoms with Crippen molar-refractivity contribution in [1.29, 1.82) is 0 Å². The molecule has 0 unspecified atom stereocenters. The lowest BCUT2D eigenvalue weighted by molar-refractivity contribution is 0.0126. The number of morpholine rings is 1. The Bertz CT molecular complexity index is 433. The average Bonchev–Trinajstić information content (AvgIpc) is 2.39. The van der Waals surface area contributed by atoms with E-state index in [-0.39, 0.29) is 5.91 Å². The highest BCUT2D eigenvalue weighted by atomic mass is 35.5. The molecule has 98 valence electrons. The largest absolute Gasteiger partial charge is 0.379 e. The van der Waals surface area contributed by atoms with E-state index in [2.05, 4.69) is 10.4 Å². The number of pyridine rings is 1. The van der Waals surface area contributed by atoms with Crippen molar-refractivity contribution >= 4 is 17.5 Å². The number of aromatic nitrogens is 1. The maximum absolute atomic E-state index is 12.1. The topological polar surface area (TPSA) is 54.5 Å². The van der Waals surface area contributed by atoms with Crippen LogP contribution in [0.1, 0.15) is 23.0 Å². The molecule has 0 aliphatic carbocycles. The summed E-state index contributed by atoms with van der Waals surface area (Å²) in [5.74, 6) is -0.157. The van der Waals surface area contributed by atoms with Crippen LogP contribution in [0.3, 0.4) is 0 Å². The summed E-state index contributed by atoms with van der Waals surface area (Å²) in [7, 11) is 0. The Kier molecular flexibility index (Phi) is 4.52. The quantitative estimate of drug-likeness (QED) is 0.840. The number of hydrazine groups is 1. The first kappa shape index (κ1) is 13.3. The third-order valence-corrected chi connectivity index (χ3v) is 2.94. The van der Waals surface area contributed by atoms with Gasteiger partial charge in [0.1, 0.15) is 5.15 Å². The van der Waals surface area contributed by atoms with Crippen LogP contribution in [0.15, 0.2) is 12.1 Å². The summed E-state index contributed by atoms with van der Waals surface area (Å²) in [5, 5.41) is 2.20. The van der Waals surface area contributed by atoms with Crippen LogP contribution in [0.25, 0.3) is 0 Å². The second kappa shape index (κ2) is 6.13. The van der Waals surface area contributed by atoms with Crippen molar-refractivity contribution in [3.05, 3.63) is 28.5 Å². The molecule has 0 bridgehead atoms. The highest BCUT2D eigenvalue weighted by molar-refractivity contribution is 6.29. The third-order valence-electron chi connectivity index (χ3n) is 2.74. The monoisotopic (exact) mass is 269 g/mol. The lowest BCUT2D eigenvalue weighted by atomic mass is 10.2. The van der Waals surface area contributed by atoms with E-state index in [0.29, 0.717) is 37.0 Å². The number of rotatable bonds is 3. The van der Waals surface area contributed by atoms with Crippen molar-refractivity contribution in [1.82, 2.24) is 15.4 Å². The number of amides is 1. The first-order valence-electron chi connectivity index (χ1n) is 5.99. The molecule has 0 saturated carbocycles. The van der Waals surface area contributed by atoms with Gasteiger partial charge >= 0.3 is 0 Å². The van der Waals surface area contributed by atoms with Crippen LogP contribution in [-0.4, -0.2) is 42.2 Å². The number of aryl methyl sites for hydroxylation is 1. The molecule has 0 atom stereocenters. The van der Waals surface area contributed by atoms with Crippen molar-refractivity contribution < 1.29 is 9.53 Å². The lowest BCUT2D eigenvalue weighted by Crippen LogP contribution is -2.48. The Morgan fingerprint density at radius 3 is 2.89 bits per heavy atom. The van der Waals surface area contributed by atoms with E-state index < -0.39 is 0 Å². The molecular formula is C12H16ClN3O2. The van der Waals surface area contributed by atoms with Gasteiger partial charge in [-0.1, -0.05) is 18.5 Å². The van der Waals surface area contributed by atoms with Gasteiger partial charge in [-0.05, 0) is 18.6 Å². The summed E-state index contributed by atoms with van der Waals surface area (Å²) >= 11 is 5.89. The number of halogens is 1. The van der Waals surface area contributed by atoms with Gasteiger partial charge in [-0.2, -0.15) is 0 Å². The van der Waals surface area contributed by atoms with Gasteiger partial charge in [-0.25, -0.2) is 9.99 Å². The molecule has 6 heteroatoms. The van der Waals surface area contributed by atoms with Crippen molar-refractivity contribution in [3.63, 3.8) is 0 Å². The van der Waals surface area contributed by atoms with Crippen LogP contribution in [0.5, 0.6) is 0 Å². The number of nitrogens with zero attached hydrogens (tertiary/aromatic N) is 2. The summed E-state index contributed by atoms with van der Waals surface area (Å²) < 4.78 is 5.22. The van der Waals surface area contributed by atoms with Gasteiger partial charge in [-0.3, -0.25) is 10.2 Å². The first-order valence-corrected chi connectivity index (χ1v) is 6.37. The summed E-state index contributed by atoms with van der Waals surface area (Å²) in [6.45, 7) is 4.65. The van der Waals surface area contributed by atoms with Crippen LogP contribution in [-0.2, 0) is 11.2 Å². The molecular weight excluding hydrogens is 254 g/mol. The Morgan fingerprint density at radius 2 is 2.22 bits per heavy atom. The van der Waals surface area contributed by atoms with Crippen LogP contribution >= 0.6 is 11.6 Å². The first-order chi connectivity index (χ1) is 8.69. The minimum absolute atomic E-state index is 0.157. The summed E-state index contributed by atoms with van der Waals surface area (Å²) in [4.78, 5) is 16.2. The Balaban J connectivity index is 2.05. The highest BCUT2D eigenvalue weighted by Crippen LogP contribution is 2.11. The molecule has 18 heavy (non-hydrogen) atoms. The van der Waals surface area contributed by atoms with Crippen molar-refractivity contribution in [2.75, 3.05) is 26.3 Å². The molecule has 1 fully saturated rings. The number of nitrogens with one attached hydrogen (secondary N) is 1. The van der Waals surface area contributed by atoms with Crippen LogP contribution in [0.4, 0.5) is 0 Å². The highest BCUT2D eigenvalue weighted by Gasteiger charge is 2.15. The van der Waals surface area contributed by atoms with Gasteiger partial charge in [0.05, 0.1) is 13.2 Å². The Morgan fingerprint density at radius 1 is 1.50 bits per heavy atom. The molecule has 1 aromatic heterocycles. The van der Waals surface area contributed by atoms with Gasteiger partial charge in [0.15, 0.2) is 0 Å². The number of hydrogen-bond acceptors (Lipinski definition) is 4. The third kappa shape index (κ3) is 3.41. The van der Waals surface area contributed by atoms with Gasteiger partial charge in [0, 0.05) is 24.3 Å². The second-order valence-electron chi connectivity index (χ2n) is 4.06. The molecule has 1 saturated heterocycles. The van der Waals surface area contributed by atoms with E-state index in [9.17, 15) is 4.79 Å². The maximum atomic E-state index is 12.1. The van der Waals surface area contributed by atoms with E-state index in [1.807, 2.05) is 11.9 Å². The molecule has 0 spiro atoms. The molecule has 5 nitrogen and oxygen atoms in total. The van der Waals surface area contributed by atoms with Crippen LogP contribution < -0.4 is 5.43 Å². The van der Waals surface area contributed by atoms with Crippen LogP contribution in [0, 0.1) is 0 Å². The van der Waals surface area contributed by atoms with Gasteiger partial charge in [-0.15, -0.1) is 0 Å². The lowest BCUT2D eigenvalue weighted by Gasteiger charge is -2.26. The van der Waals surface area contributed by atoms with E-state index in [4.69, 9.17) is 16.3 Å². The molecule has 2 heterocycles. The molecule has 0 radical (unpaired) electrons. The fourth-order valence-corrected chi connectivity index (χ4v) is 1.97. The zero-order valence-corrected chi connectivity index (χ0v) is 11.0. The van der Waals surface area contributed by atoms with Gasteiger partial charge in [0.2, 0.25) is 0 Å². The van der Waals surface area contributed by atoms with E-state index in [0.717, 1.165) is 12.1 Å². The van der Waals surface area contributed by atoms with Crippen molar-refractivity contribution in [3.8, 4) is 0 Å². The minimum atomic E-state index is -0.157. The summed E-state index contributed by atoms with van der Waals surface area (Å²) in [6.07, 6.45) is 0.748. The molecule has 1 aliphatic rings. The molecule has 0 aromatic carbocycles. The molecule has 1 amide bonds. The van der Waals surface area contributed by atoms with Gasteiger partial charge < -0.3 is 4.74 Å². The zero-order valence-electron chi connectivity index (χ0n) is 10.3. The normalized spacial score (nSPS) is 16.6. The average molecular weight is 270 g/mol. The summed E-state index contributed by atoms with van der Waals surface area (Å²) in [5.41, 5.74) is 4.20. The van der Waals surface area contributed by atoms with E-state index in [1.54, 1.807) is 12.1 Å². The Labute approximate surface area is 111 Å². The molecule has 1 N–H and O–H groups in total. The number of hydrogen-bond donors (Lipinski definition) is 1. The molecule has 1 aromatic rings. The SMILES string of the molecule is CCc1cc(C(=O)NN2CCOCC2)cc(Cl)n1. The van der Waals surface area contributed by atoms with Crippen molar-refractivity contribution in [2.24, 2.45) is 0 Å². The predicted molar refractivity (Wildman–Crippen MR) is 68.5 cm³/mol. The smallest absolute Gasteiger partial charge is 0.265 e. The van der Waals surface area contributed by atoms with Crippen LogP contribution in [0.2, 0.25) is 5.15 Å². The minimum Gasteiger partial charge on any atom is -0.379 e. The van der Waals surface area contributed by atoms with E-state index >= 15 is 0 Å². The fourth-order valence-electron chi connectivity index (χ4n) is 1.75. The van der Waals surface area contributed by atoms with Gasteiger partial charge in [0.25, 0.3) is 5.91 Å². The summed E-state index contributed by atoms with van der Waals surface area (Å²) in [6, 6.07) is 3.35. The number of carbonyl (C=O) groups is 1. The predicted octanol–water partition coefficient (Wildman–Crippen LogP) is 1.27. The molecule has 1 aliphatic heterocycles. The Hall–Kier alpha value is -1.17. The standard InChI is InChI=1S/C12H16ClN3O2/c1-2-10-7-9(8-11(13)14-10)12(17)15-16-3-5-18-6-4-16/h7-8H,2-6H2,1H3,(H,15,17). The van der Waals surface area contributed by atoms with E-state index in [1.165, 1.54) is 0 Å². The zero-order chi connectivity index (χ0) is 13.0. The maximum Gasteiger partial charge on any atom is 0.265 e. The number of carbonyl (C=O) groups excluding carboxylic acids is 1. The second-order valence-corrected chi connectivity index (χ2v) is 4.45. The fraction of sp³-hybridized carbons (Fsp3) is 0.500. The molecule has 2 rings (SSSR count). The van der Waals surface area contributed by atoms with Crippen molar-refractivity contribution in [2.45, 2.75) is 13.3 Å². The number of ether oxygens (including phenoxy) is 1.